The molecule has 0 unspecified atom stereocenters. The molecule has 0 spiro atoms. The van der Waals surface area contributed by atoms with Crippen LogP contribution in [0, 0.1) is 0 Å². The number of aliphatic hydroxyl groups excluding tert-OH is 1. The molecule has 0 aliphatic carbocycles. The predicted octanol–water partition coefficient (Wildman–Crippen LogP) is 1.54. The van der Waals surface area contributed by atoms with Gasteiger partial charge in [0.05, 0.1) is 6.10 Å². The first-order valence-corrected chi connectivity index (χ1v) is 3.42. The van der Waals surface area contributed by atoms with Crippen LogP contribution < -0.4 is 0 Å². The van der Waals surface area contributed by atoms with Gasteiger partial charge in [0.15, 0.2) is 0 Å². The molecule has 1 nitrogen and oxygen atoms in total. The lowest BCUT2D eigenvalue weighted by atomic mass is 10.2. The Morgan fingerprint density at radius 3 is 2.14 bits per heavy atom. The van der Waals surface area contributed by atoms with Gasteiger partial charge in [-0.1, -0.05) is 29.8 Å². The van der Waals surface area contributed by atoms with Crippen molar-refractivity contribution in [2.45, 2.75) is 31.2 Å². The van der Waals surface area contributed by atoms with E-state index in [0.29, 0.717) is 0 Å². The van der Waals surface area contributed by atoms with Crippen molar-refractivity contribution in [3.63, 3.8) is 0 Å². The second-order valence-corrected chi connectivity index (χ2v) is 3.10. The molecule has 0 aromatic heterocycles. The number of halogens is 1. The maximum absolute atomic E-state index is 8.89. The van der Waals surface area contributed by atoms with Gasteiger partial charge in [0, 0.05) is 4.83 Å². The van der Waals surface area contributed by atoms with E-state index in [9.17, 15) is 0 Å². The van der Waals surface area contributed by atoms with Crippen molar-refractivity contribution < 1.29 is 5.11 Å². The number of alkyl halides is 1. The van der Waals surface area contributed by atoms with Gasteiger partial charge in [-0.15, -0.1) is 0 Å². The molecule has 0 bridgehead atoms. The average molecular weight is 167 g/mol. The van der Waals surface area contributed by atoms with E-state index in [4.69, 9.17) is 5.11 Å². The second-order valence-electron chi connectivity index (χ2n) is 1.65. The SMILES string of the molecule is CC[C@H](O)[C@H](C)Br. The smallest absolute Gasteiger partial charge is 0.0659 e. The highest BCUT2D eigenvalue weighted by Gasteiger charge is 2.05. The van der Waals surface area contributed by atoms with Crippen LogP contribution in [0.3, 0.4) is 0 Å². The van der Waals surface area contributed by atoms with Crippen LogP contribution in [0.4, 0.5) is 0 Å². The zero-order valence-electron chi connectivity index (χ0n) is 4.69. The largest absolute Gasteiger partial charge is 0.392 e. The van der Waals surface area contributed by atoms with E-state index in [2.05, 4.69) is 15.9 Å². The molecule has 0 fully saturated rings. The van der Waals surface area contributed by atoms with Crippen molar-refractivity contribution >= 4 is 15.9 Å². The lowest BCUT2D eigenvalue weighted by Gasteiger charge is -2.07. The Morgan fingerprint density at radius 2 is 2.14 bits per heavy atom. The summed E-state index contributed by atoms with van der Waals surface area (Å²) in [5, 5.41) is 8.89. The Bertz CT molecular complexity index is 45.3. The third-order valence-electron chi connectivity index (χ3n) is 0.948. The molecule has 1 N–H and O–H groups in total. The van der Waals surface area contributed by atoms with E-state index in [1.807, 2.05) is 13.8 Å². The van der Waals surface area contributed by atoms with Crippen LogP contribution >= 0.6 is 15.9 Å². The molecule has 0 rings (SSSR count). The second kappa shape index (κ2) is 3.44. The van der Waals surface area contributed by atoms with E-state index in [1.54, 1.807) is 0 Å². The summed E-state index contributed by atoms with van der Waals surface area (Å²) in [7, 11) is 0. The van der Waals surface area contributed by atoms with Crippen LogP contribution in [0.25, 0.3) is 0 Å². The Labute approximate surface area is 52.9 Å². The van der Waals surface area contributed by atoms with E-state index >= 15 is 0 Å². The Kier molecular flexibility index (Phi) is 3.66. The molecule has 2 atom stereocenters. The highest BCUT2D eigenvalue weighted by atomic mass is 79.9. The third kappa shape index (κ3) is 3.06. The normalized spacial score (nSPS) is 18.9. The molecule has 0 radical (unpaired) electrons. The highest BCUT2D eigenvalue weighted by Crippen LogP contribution is 2.05. The fourth-order valence-electron chi connectivity index (χ4n) is 0.325. The van der Waals surface area contributed by atoms with Crippen LogP contribution in [0.5, 0.6) is 0 Å². The van der Waals surface area contributed by atoms with Crippen LogP contribution in [0.15, 0.2) is 0 Å². The van der Waals surface area contributed by atoms with E-state index in [1.165, 1.54) is 0 Å². The topological polar surface area (TPSA) is 20.2 Å². The van der Waals surface area contributed by atoms with Gasteiger partial charge in [0.25, 0.3) is 0 Å². The first-order valence-electron chi connectivity index (χ1n) is 2.50. The molecular weight excluding hydrogens is 156 g/mol. The average Bonchev–Trinajstić information content (AvgIpc) is 1.65. The number of rotatable bonds is 2. The number of aliphatic hydroxyl groups is 1. The van der Waals surface area contributed by atoms with Gasteiger partial charge in [-0.3, -0.25) is 0 Å². The summed E-state index contributed by atoms with van der Waals surface area (Å²) in [5.74, 6) is 0. The molecular formula is C5H11BrO. The van der Waals surface area contributed by atoms with Crippen LogP contribution in [0.2, 0.25) is 0 Å². The molecule has 0 heterocycles. The van der Waals surface area contributed by atoms with Gasteiger partial charge in [0.1, 0.15) is 0 Å². The van der Waals surface area contributed by atoms with E-state index < -0.39 is 0 Å². The van der Waals surface area contributed by atoms with Crippen LogP contribution in [0.1, 0.15) is 20.3 Å². The lowest BCUT2D eigenvalue weighted by molar-refractivity contribution is 0.173. The van der Waals surface area contributed by atoms with Gasteiger partial charge >= 0.3 is 0 Å². The molecule has 0 aliphatic rings. The molecule has 0 aromatic rings. The monoisotopic (exact) mass is 166 g/mol. The fourth-order valence-corrected chi connectivity index (χ4v) is 0.699. The first kappa shape index (κ1) is 7.44. The minimum Gasteiger partial charge on any atom is -0.392 e. The van der Waals surface area contributed by atoms with Crippen LogP contribution in [-0.4, -0.2) is 16.0 Å². The Hall–Kier alpha value is 0.440. The van der Waals surface area contributed by atoms with Crippen LogP contribution in [-0.2, 0) is 0 Å². The van der Waals surface area contributed by atoms with Gasteiger partial charge < -0.3 is 5.11 Å². The summed E-state index contributed by atoms with van der Waals surface area (Å²) in [4.78, 5) is 0.234. The molecule has 2 heteroatoms. The number of hydrogen-bond donors (Lipinski definition) is 1. The highest BCUT2D eigenvalue weighted by molar-refractivity contribution is 9.09. The Morgan fingerprint density at radius 1 is 1.71 bits per heavy atom. The summed E-state index contributed by atoms with van der Waals surface area (Å²) >= 11 is 3.25. The lowest BCUT2D eigenvalue weighted by Crippen LogP contribution is -2.14. The third-order valence-corrected chi connectivity index (χ3v) is 1.56. The van der Waals surface area contributed by atoms with Gasteiger partial charge in [-0.2, -0.15) is 0 Å². The molecule has 0 amide bonds. The van der Waals surface area contributed by atoms with E-state index in [0.717, 1.165) is 6.42 Å². The summed E-state index contributed by atoms with van der Waals surface area (Å²) in [6.07, 6.45) is 0.645. The van der Waals surface area contributed by atoms with Gasteiger partial charge in [0.2, 0.25) is 0 Å². The van der Waals surface area contributed by atoms with E-state index in [-0.39, 0.29) is 10.9 Å². The molecule has 0 saturated carbocycles. The fraction of sp³-hybridized carbons (Fsp3) is 1.00. The summed E-state index contributed by atoms with van der Waals surface area (Å²) in [5.41, 5.74) is 0. The standard InChI is InChI=1S/C5H11BrO/c1-3-5(7)4(2)6/h4-5,7H,3H2,1-2H3/t4-,5-/m0/s1. The predicted molar refractivity (Wildman–Crippen MR) is 34.7 cm³/mol. The summed E-state index contributed by atoms with van der Waals surface area (Å²) in [6.45, 7) is 3.90. The molecule has 0 aromatic carbocycles. The molecule has 7 heavy (non-hydrogen) atoms. The minimum atomic E-state index is -0.181. The van der Waals surface area contributed by atoms with Crippen molar-refractivity contribution in [1.29, 1.82) is 0 Å². The summed E-state index contributed by atoms with van der Waals surface area (Å²) < 4.78 is 0. The molecule has 0 saturated heterocycles. The summed E-state index contributed by atoms with van der Waals surface area (Å²) in [6, 6.07) is 0. The molecule has 44 valence electrons. The maximum Gasteiger partial charge on any atom is 0.0659 e. The van der Waals surface area contributed by atoms with Crippen molar-refractivity contribution in [3.05, 3.63) is 0 Å². The molecule has 0 aliphatic heterocycles. The van der Waals surface area contributed by atoms with Crippen molar-refractivity contribution in [2.24, 2.45) is 0 Å². The quantitative estimate of drug-likeness (QED) is 0.618. The Balaban J connectivity index is 3.14. The minimum absolute atomic E-state index is 0.181. The van der Waals surface area contributed by atoms with Crippen molar-refractivity contribution in [3.8, 4) is 0 Å². The zero-order valence-corrected chi connectivity index (χ0v) is 6.27. The zero-order chi connectivity index (χ0) is 5.86. The van der Waals surface area contributed by atoms with Gasteiger partial charge in [-0.05, 0) is 6.42 Å². The van der Waals surface area contributed by atoms with Crippen molar-refractivity contribution in [2.75, 3.05) is 0 Å². The number of hydrogen-bond acceptors (Lipinski definition) is 1. The van der Waals surface area contributed by atoms with Crippen molar-refractivity contribution in [1.82, 2.24) is 0 Å². The van der Waals surface area contributed by atoms with Gasteiger partial charge in [-0.25, -0.2) is 0 Å². The first-order chi connectivity index (χ1) is 3.18. The maximum atomic E-state index is 8.89.